The highest BCUT2D eigenvalue weighted by Gasteiger charge is 2.19. The Kier molecular flexibility index (Phi) is 6.68. The summed E-state index contributed by atoms with van der Waals surface area (Å²) in [6.45, 7) is 6.49. The van der Waals surface area contributed by atoms with Gasteiger partial charge in [0.25, 0.3) is 0 Å². The van der Waals surface area contributed by atoms with Crippen LogP contribution in [0.1, 0.15) is 39.3 Å². The number of nitrogens with zero attached hydrogens (tertiary/aromatic N) is 2. The maximum atomic E-state index is 4.50. The minimum absolute atomic E-state index is 0.994. The van der Waals surface area contributed by atoms with Gasteiger partial charge in [0.1, 0.15) is 12.7 Å². The molecule has 2 rings (SSSR count). The third kappa shape index (κ3) is 4.08. The van der Waals surface area contributed by atoms with Gasteiger partial charge in [0.05, 0.1) is 0 Å². The topological polar surface area (TPSA) is 16.8 Å². The third-order valence-corrected chi connectivity index (χ3v) is 4.24. The van der Waals surface area contributed by atoms with Gasteiger partial charge < -0.3 is 0 Å². The maximum Gasteiger partial charge on any atom is 0.231 e. The van der Waals surface area contributed by atoms with E-state index in [9.17, 15) is 0 Å². The summed E-state index contributed by atoms with van der Waals surface area (Å²) in [5.41, 5.74) is 6.10. The zero-order valence-electron chi connectivity index (χ0n) is 15.2. The highest BCUT2D eigenvalue weighted by molar-refractivity contribution is 5.74. The molecule has 0 spiro atoms. The summed E-state index contributed by atoms with van der Waals surface area (Å²) in [5.74, 6) is 0. The zero-order valence-corrected chi connectivity index (χ0v) is 15.2. The average Bonchev–Trinajstić information content (AvgIpc) is 2.62. The second-order valence-corrected chi connectivity index (χ2v) is 5.68. The molecule has 24 heavy (non-hydrogen) atoms. The van der Waals surface area contributed by atoms with Crippen LogP contribution in [0, 0.1) is 0 Å². The lowest BCUT2D eigenvalue weighted by molar-refractivity contribution is -0.662. The molecule has 0 amide bonds. The number of allylic oxidation sites excluding steroid dienone is 6. The summed E-state index contributed by atoms with van der Waals surface area (Å²) >= 11 is 0. The van der Waals surface area contributed by atoms with E-state index >= 15 is 0 Å². The molecular formula is C22H27N2+. The summed E-state index contributed by atoms with van der Waals surface area (Å²) in [7, 11) is 2.12. The largest absolute Gasteiger partial charge is 0.250 e. The molecule has 0 bridgehead atoms. The molecule has 0 radical (unpaired) electrons. The summed E-state index contributed by atoms with van der Waals surface area (Å²) in [5, 5.41) is 0. The average molecular weight is 319 g/mol. The first-order valence-electron chi connectivity index (χ1n) is 8.65. The van der Waals surface area contributed by atoms with Crippen LogP contribution >= 0.6 is 0 Å². The van der Waals surface area contributed by atoms with E-state index in [1.165, 1.54) is 16.8 Å². The first-order chi connectivity index (χ1) is 11.7. The molecule has 0 aliphatic carbocycles. The first-order valence-corrected chi connectivity index (χ1v) is 8.65. The van der Waals surface area contributed by atoms with E-state index in [1.807, 2.05) is 25.3 Å². The van der Waals surface area contributed by atoms with Gasteiger partial charge in [-0.2, -0.15) is 4.57 Å². The van der Waals surface area contributed by atoms with Gasteiger partial charge in [-0.05, 0) is 44.0 Å². The highest BCUT2D eigenvalue weighted by atomic mass is 15.0. The summed E-state index contributed by atoms with van der Waals surface area (Å²) in [6.07, 6.45) is 12.4. The molecule has 2 heterocycles. The molecular weight excluding hydrogens is 292 g/mol. The van der Waals surface area contributed by atoms with Crippen LogP contribution in [0.25, 0.3) is 17.0 Å². The van der Waals surface area contributed by atoms with Crippen molar-refractivity contribution >= 4 is 5.57 Å². The number of hydrogen-bond acceptors (Lipinski definition) is 1. The molecule has 0 aromatic carbocycles. The molecule has 124 valence electrons. The summed E-state index contributed by atoms with van der Waals surface area (Å²) in [4.78, 5) is 4.50. The Balaban J connectivity index is 2.61. The summed E-state index contributed by atoms with van der Waals surface area (Å²) in [6, 6.07) is 12.5. The van der Waals surface area contributed by atoms with E-state index in [0.717, 1.165) is 24.2 Å². The summed E-state index contributed by atoms with van der Waals surface area (Å²) < 4.78 is 2.24. The number of rotatable bonds is 6. The van der Waals surface area contributed by atoms with E-state index in [1.54, 1.807) is 0 Å². The van der Waals surface area contributed by atoms with Gasteiger partial charge in [-0.3, -0.25) is 0 Å². The quantitative estimate of drug-likeness (QED) is 0.523. The van der Waals surface area contributed by atoms with E-state index in [4.69, 9.17) is 0 Å². The molecule has 2 heteroatoms. The van der Waals surface area contributed by atoms with Gasteiger partial charge in [-0.1, -0.05) is 43.7 Å². The van der Waals surface area contributed by atoms with Gasteiger partial charge in [-0.25, -0.2) is 4.98 Å². The van der Waals surface area contributed by atoms with Crippen molar-refractivity contribution in [2.45, 2.75) is 33.6 Å². The molecule has 0 atom stereocenters. The van der Waals surface area contributed by atoms with Gasteiger partial charge in [0.15, 0.2) is 0 Å². The molecule has 2 aromatic heterocycles. The van der Waals surface area contributed by atoms with Crippen molar-refractivity contribution in [3.63, 3.8) is 0 Å². The monoisotopic (exact) mass is 319 g/mol. The minimum Gasteiger partial charge on any atom is -0.250 e. The number of aromatic nitrogens is 2. The molecule has 0 fully saturated rings. The predicted octanol–water partition coefficient (Wildman–Crippen LogP) is 5.28. The van der Waals surface area contributed by atoms with Crippen LogP contribution in [0.15, 0.2) is 72.5 Å². The van der Waals surface area contributed by atoms with Crippen LogP contribution in [-0.2, 0) is 7.05 Å². The van der Waals surface area contributed by atoms with E-state index in [2.05, 4.69) is 79.0 Å². The van der Waals surface area contributed by atoms with E-state index < -0.39 is 0 Å². The molecule has 2 nitrogen and oxygen atoms in total. The fourth-order valence-electron chi connectivity index (χ4n) is 2.90. The lowest BCUT2D eigenvalue weighted by Gasteiger charge is -2.10. The SMILES string of the molecule is CC=CC=CC(=C(CC)CC)c1cccc(-c2ccccn2)[n+]1C. The maximum absolute atomic E-state index is 4.50. The smallest absolute Gasteiger partial charge is 0.231 e. The van der Waals surface area contributed by atoms with Crippen LogP contribution in [0.2, 0.25) is 0 Å². The lowest BCUT2D eigenvalue weighted by Crippen LogP contribution is -2.36. The van der Waals surface area contributed by atoms with Crippen molar-refractivity contribution in [1.29, 1.82) is 0 Å². The van der Waals surface area contributed by atoms with Crippen molar-refractivity contribution in [2.24, 2.45) is 7.05 Å². The highest BCUT2D eigenvalue weighted by Crippen LogP contribution is 2.24. The molecule has 0 unspecified atom stereocenters. The Bertz CT molecular complexity index is 747. The first kappa shape index (κ1) is 17.9. The van der Waals surface area contributed by atoms with Crippen molar-refractivity contribution in [3.05, 3.63) is 78.2 Å². The van der Waals surface area contributed by atoms with Gasteiger partial charge >= 0.3 is 0 Å². The fraction of sp³-hybridized carbons (Fsp3) is 0.273. The standard InChI is InChI=1S/C22H27N2/c1-5-8-9-13-19(18(6-2)7-3)21-15-12-16-22(24(21)4)20-14-10-11-17-23-20/h5,8-17H,6-7H2,1-4H3/q+1. The second-order valence-electron chi connectivity index (χ2n) is 5.68. The van der Waals surface area contributed by atoms with Crippen LogP contribution < -0.4 is 4.57 Å². The Morgan fingerprint density at radius 3 is 2.46 bits per heavy atom. The zero-order chi connectivity index (χ0) is 17.4. The number of hydrogen-bond donors (Lipinski definition) is 0. The predicted molar refractivity (Wildman–Crippen MR) is 102 cm³/mol. The molecule has 0 saturated carbocycles. The van der Waals surface area contributed by atoms with Crippen LogP contribution in [0.4, 0.5) is 0 Å². The van der Waals surface area contributed by atoms with Crippen molar-refractivity contribution in [3.8, 4) is 11.4 Å². The van der Waals surface area contributed by atoms with Crippen LogP contribution in [0.5, 0.6) is 0 Å². The lowest BCUT2D eigenvalue weighted by atomic mass is 9.98. The van der Waals surface area contributed by atoms with E-state index in [0.29, 0.717) is 0 Å². The van der Waals surface area contributed by atoms with E-state index in [-0.39, 0.29) is 0 Å². The van der Waals surface area contributed by atoms with Gasteiger partial charge in [-0.15, -0.1) is 0 Å². The van der Waals surface area contributed by atoms with Crippen LogP contribution in [-0.4, -0.2) is 4.98 Å². The molecule has 0 aliphatic rings. The minimum atomic E-state index is 0.994. The molecule has 0 aliphatic heterocycles. The van der Waals surface area contributed by atoms with Crippen molar-refractivity contribution < 1.29 is 4.57 Å². The van der Waals surface area contributed by atoms with Gasteiger partial charge in [0.2, 0.25) is 11.4 Å². The molecule has 0 saturated heterocycles. The molecule has 0 N–H and O–H groups in total. The normalized spacial score (nSPS) is 11.3. The van der Waals surface area contributed by atoms with Crippen molar-refractivity contribution in [1.82, 2.24) is 4.98 Å². The van der Waals surface area contributed by atoms with Crippen LogP contribution in [0.3, 0.4) is 0 Å². The third-order valence-electron chi connectivity index (χ3n) is 4.24. The van der Waals surface area contributed by atoms with Gasteiger partial charge in [0, 0.05) is 23.9 Å². The Morgan fingerprint density at radius 1 is 1.04 bits per heavy atom. The Hall–Kier alpha value is -2.48. The molecule has 2 aromatic rings. The number of pyridine rings is 2. The fourth-order valence-corrected chi connectivity index (χ4v) is 2.90. The second kappa shape index (κ2) is 8.97. The Labute approximate surface area is 145 Å². The van der Waals surface area contributed by atoms with Crippen molar-refractivity contribution in [2.75, 3.05) is 0 Å². The Morgan fingerprint density at radius 2 is 1.83 bits per heavy atom.